The minimum Gasteiger partial charge on any atom is -0.352 e. The summed E-state index contributed by atoms with van der Waals surface area (Å²) in [6.07, 6.45) is 8.98. The Kier molecular flexibility index (Phi) is 4.56. The number of H-pyrrole nitrogens is 1. The maximum Gasteiger partial charge on any atom is 0.211 e. The molecule has 150 valence electrons. The number of hydrogen-bond donors (Lipinski definition) is 3. The third-order valence-electron chi connectivity index (χ3n) is 6.06. The van der Waals surface area contributed by atoms with Crippen molar-refractivity contribution in [1.82, 2.24) is 29.5 Å². The van der Waals surface area contributed by atoms with E-state index in [0.29, 0.717) is 30.4 Å². The molecule has 3 N–H and O–H groups in total. The van der Waals surface area contributed by atoms with Gasteiger partial charge in [-0.2, -0.15) is 15.3 Å². The van der Waals surface area contributed by atoms with Crippen molar-refractivity contribution in [3.63, 3.8) is 0 Å². The molecule has 0 aromatic carbocycles. The standard InChI is InChI=1S/C20H25N9/c1-13-10-17(27-26-13)24-18-19-22-7-3-9-29(19)20(25-18)23-14-11-15-4-5-16(12-14)28(15)8-2-6-21/h3,7,9-10,14-16H,2,4-5,8,11-12H2,1H3,(H,23,25)(H2,24,26,27). The van der Waals surface area contributed by atoms with Gasteiger partial charge in [-0.15, -0.1) is 0 Å². The highest BCUT2D eigenvalue weighted by Gasteiger charge is 2.40. The second-order valence-electron chi connectivity index (χ2n) is 8.00. The predicted molar refractivity (Wildman–Crippen MR) is 110 cm³/mol. The zero-order chi connectivity index (χ0) is 19.8. The Balaban J connectivity index is 1.36. The lowest BCUT2D eigenvalue weighted by atomic mass is 9.97. The summed E-state index contributed by atoms with van der Waals surface area (Å²) in [7, 11) is 0. The van der Waals surface area contributed by atoms with Crippen LogP contribution in [0.1, 0.15) is 37.8 Å². The van der Waals surface area contributed by atoms with E-state index in [4.69, 9.17) is 10.2 Å². The molecule has 5 rings (SSSR count). The van der Waals surface area contributed by atoms with Gasteiger partial charge in [0.15, 0.2) is 17.3 Å². The minimum atomic E-state index is 0.372. The third-order valence-corrected chi connectivity index (χ3v) is 6.06. The third kappa shape index (κ3) is 3.40. The molecule has 9 nitrogen and oxygen atoms in total. The first-order valence-corrected chi connectivity index (χ1v) is 10.2. The molecule has 2 saturated heterocycles. The molecule has 9 heteroatoms. The fourth-order valence-electron chi connectivity index (χ4n) is 4.83. The largest absolute Gasteiger partial charge is 0.352 e. The quantitative estimate of drug-likeness (QED) is 0.593. The van der Waals surface area contributed by atoms with E-state index in [1.165, 1.54) is 12.8 Å². The van der Waals surface area contributed by atoms with E-state index in [2.05, 4.69) is 36.8 Å². The van der Waals surface area contributed by atoms with E-state index in [1.54, 1.807) is 6.20 Å². The van der Waals surface area contributed by atoms with Crippen LogP contribution in [-0.4, -0.2) is 54.1 Å². The summed E-state index contributed by atoms with van der Waals surface area (Å²) in [4.78, 5) is 11.8. The van der Waals surface area contributed by atoms with Crippen LogP contribution < -0.4 is 10.6 Å². The van der Waals surface area contributed by atoms with E-state index in [-0.39, 0.29) is 0 Å². The average Bonchev–Trinajstić information content (AvgIpc) is 3.35. The van der Waals surface area contributed by atoms with Gasteiger partial charge in [0, 0.05) is 55.2 Å². The number of nitriles is 1. The highest BCUT2D eigenvalue weighted by atomic mass is 15.3. The minimum absolute atomic E-state index is 0.372. The number of anilines is 3. The number of aromatic nitrogens is 5. The predicted octanol–water partition coefficient (Wildman–Crippen LogP) is 2.83. The Hall–Kier alpha value is -3.12. The van der Waals surface area contributed by atoms with Gasteiger partial charge >= 0.3 is 0 Å². The molecule has 29 heavy (non-hydrogen) atoms. The molecule has 2 atom stereocenters. The number of aromatic amines is 1. The van der Waals surface area contributed by atoms with Gasteiger partial charge in [0.2, 0.25) is 5.95 Å². The van der Waals surface area contributed by atoms with Crippen LogP contribution in [0, 0.1) is 18.3 Å². The van der Waals surface area contributed by atoms with Gasteiger partial charge < -0.3 is 10.6 Å². The van der Waals surface area contributed by atoms with Gasteiger partial charge in [0.1, 0.15) is 0 Å². The van der Waals surface area contributed by atoms with E-state index in [0.717, 1.165) is 42.5 Å². The van der Waals surface area contributed by atoms with Crippen molar-refractivity contribution in [2.24, 2.45) is 0 Å². The van der Waals surface area contributed by atoms with Crippen LogP contribution in [0.3, 0.4) is 0 Å². The van der Waals surface area contributed by atoms with E-state index in [1.807, 2.05) is 29.7 Å². The molecule has 2 aliphatic rings. The number of rotatable bonds is 6. The lowest BCUT2D eigenvalue weighted by molar-refractivity contribution is 0.135. The molecule has 2 unspecified atom stereocenters. The molecule has 2 fully saturated rings. The molecular formula is C20H25N9. The topological polar surface area (TPSA) is 110 Å². The molecule has 0 radical (unpaired) electrons. The maximum atomic E-state index is 8.93. The summed E-state index contributed by atoms with van der Waals surface area (Å²) < 4.78 is 1.99. The Bertz CT molecular complexity index is 1030. The van der Waals surface area contributed by atoms with Crippen molar-refractivity contribution in [1.29, 1.82) is 5.26 Å². The Labute approximate surface area is 169 Å². The second-order valence-corrected chi connectivity index (χ2v) is 8.00. The normalized spacial score (nSPS) is 23.9. The summed E-state index contributed by atoms with van der Waals surface area (Å²) in [5.74, 6) is 2.22. The summed E-state index contributed by atoms with van der Waals surface area (Å²) in [5.41, 5.74) is 1.76. The van der Waals surface area contributed by atoms with Gasteiger partial charge in [0.25, 0.3) is 0 Å². The van der Waals surface area contributed by atoms with E-state index < -0.39 is 0 Å². The maximum absolute atomic E-state index is 8.93. The first-order valence-electron chi connectivity index (χ1n) is 10.2. The fourth-order valence-corrected chi connectivity index (χ4v) is 4.83. The van der Waals surface area contributed by atoms with Gasteiger partial charge in [-0.25, -0.2) is 4.98 Å². The summed E-state index contributed by atoms with van der Waals surface area (Å²) in [5, 5.41) is 23.0. The first-order chi connectivity index (χ1) is 14.2. The zero-order valence-corrected chi connectivity index (χ0v) is 16.5. The van der Waals surface area contributed by atoms with Crippen LogP contribution in [0.4, 0.5) is 17.6 Å². The molecule has 3 aromatic rings. The van der Waals surface area contributed by atoms with Crippen molar-refractivity contribution in [3.8, 4) is 6.07 Å². The lowest BCUT2D eigenvalue weighted by Gasteiger charge is -2.38. The van der Waals surface area contributed by atoms with E-state index >= 15 is 0 Å². The summed E-state index contributed by atoms with van der Waals surface area (Å²) in [6.45, 7) is 2.86. The molecular weight excluding hydrogens is 366 g/mol. The summed E-state index contributed by atoms with van der Waals surface area (Å²) in [6, 6.07) is 7.64. The Morgan fingerprint density at radius 1 is 1.31 bits per heavy atom. The number of piperidine rings is 1. The van der Waals surface area contributed by atoms with Crippen LogP contribution in [0.25, 0.3) is 5.65 Å². The molecule has 3 aromatic heterocycles. The highest BCUT2D eigenvalue weighted by molar-refractivity contribution is 5.72. The SMILES string of the molecule is Cc1cc(Nc2nc(NC3CC4CCC(C3)N4CCC#N)n3cccnc23)n[nH]1. The van der Waals surface area contributed by atoms with Crippen LogP contribution in [0.15, 0.2) is 24.5 Å². The van der Waals surface area contributed by atoms with Crippen molar-refractivity contribution in [2.45, 2.75) is 57.2 Å². The smallest absolute Gasteiger partial charge is 0.211 e. The summed E-state index contributed by atoms with van der Waals surface area (Å²) >= 11 is 0. The van der Waals surface area contributed by atoms with Crippen molar-refractivity contribution < 1.29 is 0 Å². The van der Waals surface area contributed by atoms with Crippen molar-refractivity contribution >= 4 is 23.2 Å². The van der Waals surface area contributed by atoms with Gasteiger partial charge in [-0.1, -0.05) is 0 Å². The van der Waals surface area contributed by atoms with Gasteiger partial charge in [-0.05, 0) is 38.7 Å². The number of nitrogens with zero attached hydrogens (tertiary/aromatic N) is 6. The lowest BCUT2D eigenvalue weighted by Crippen LogP contribution is -2.47. The van der Waals surface area contributed by atoms with E-state index in [9.17, 15) is 0 Å². The molecule has 0 amide bonds. The number of imidazole rings is 1. The molecule has 0 aliphatic carbocycles. The monoisotopic (exact) mass is 391 g/mol. The zero-order valence-electron chi connectivity index (χ0n) is 16.5. The number of hydrogen-bond acceptors (Lipinski definition) is 7. The molecule has 0 saturated carbocycles. The van der Waals surface area contributed by atoms with Gasteiger partial charge in [0.05, 0.1) is 6.07 Å². The second kappa shape index (κ2) is 7.37. The molecule has 5 heterocycles. The Morgan fingerprint density at radius 3 is 2.86 bits per heavy atom. The molecule has 0 spiro atoms. The van der Waals surface area contributed by atoms with Crippen molar-refractivity contribution in [3.05, 3.63) is 30.2 Å². The van der Waals surface area contributed by atoms with Crippen LogP contribution in [-0.2, 0) is 0 Å². The number of fused-ring (bicyclic) bond motifs is 3. The van der Waals surface area contributed by atoms with Gasteiger partial charge in [-0.3, -0.25) is 14.4 Å². The fraction of sp³-hybridized carbons (Fsp3) is 0.500. The molecule has 2 bridgehead atoms. The number of aryl methyl sites for hydroxylation is 1. The van der Waals surface area contributed by atoms with Crippen LogP contribution >= 0.6 is 0 Å². The number of nitrogens with one attached hydrogen (secondary N) is 3. The Morgan fingerprint density at radius 2 is 2.14 bits per heavy atom. The highest BCUT2D eigenvalue weighted by Crippen LogP contribution is 2.37. The van der Waals surface area contributed by atoms with Crippen LogP contribution in [0.5, 0.6) is 0 Å². The average molecular weight is 391 g/mol. The van der Waals surface area contributed by atoms with Crippen LogP contribution in [0.2, 0.25) is 0 Å². The molecule has 2 aliphatic heterocycles. The van der Waals surface area contributed by atoms with Crippen molar-refractivity contribution in [2.75, 3.05) is 17.2 Å². The first kappa shape index (κ1) is 17.9.